The Hall–Kier alpha value is -0.830. The molecule has 1 aliphatic heterocycles. The molecule has 3 heteroatoms. The second-order valence-corrected chi connectivity index (χ2v) is 5.41. The van der Waals surface area contributed by atoms with E-state index in [4.69, 9.17) is 0 Å². The molecule has 1 saturated carbocycles. The number of nitrogens with one attached hydrogen (secondary N) is 1. The minimum absolute atomic E-state index is 0.701. The van der Waals surface area contributed by atoms with Gasteiger partial charge >= 0.3 is 0 Å². The van der Waals surface area contributed by atoms with Crippen molar-refractivity contribution in [1.82, 2.24) is 14.9 Å². The van der Waals surface area contributed by atoms with Crippen molar-refractivity contribution in [2.24, 2.45) is 5.92 Å². The SMILES string of the molecule is CC1CCCCC1n1cncc1C1CNC1. The lowest BCUT2D eigenvalue weighted by Gasteiger charge is -2.35. The van der Waals surface area contributed by atoms with Crippen molar-refractivity contribution in [3.63, 3.8) is 0 Å². The van der Waals surface area contributed by atoms with Gasteiger partial charge in [0.2, 0.25) is 0 Å². The summed E-state index contributed by atoms with van der Waals surface area (Å²) in [5.74, 6) is 1.52. The average molecular weight is 219 g/mol. The van der Waals surface area contributed by atoms with E-state index in [0.717, 1.165) is 19.0 Å². The second-order valence-electron chi connectivity index (χ2n) is 5.41. The normalized spacial score (nSPS) is 31.3. The van der Waals surface area contributed by atoms with Crippen molar-refractivity contribution in [2.75, 3.05) is 13.1 Å². The summed E-state index contributed by atoms with van der Waals surface area (Å²) >= 11 is 0. The number of aromatic nitrogens is 2. The molecule has 3 rings (SSSR count). The van der Waals surface area contributed by atoms with Gasteiger partial charge in [0.1, 0.15) is 0 Å². The molecule has 2 heterocycles. The van der Waals surface area contributed by atoms with E-state index in [2.05, 4.69) is 34.3 Å². The van der Waals surface area contributed by atoms with Gasteiger partial charge in [-0.2, -0.15) is 0 Å². The molecule has 2 fully saturated rings. The first-order valence-electron chi connectivity index (χ1n) is 6.58. The van der Waals surface area contributed by atoms with Crippen LogP contribution in [0.2, 0.25) is 0 Å². The minimum Gasteiger partial charge on any atom is -0.331 e. The Labute approximate surface area is 97.3 Å². The van der Waals surface area contributed by atoms with E-state index in [0.29, 0.717) is 12.0 Å². The molecule has 16 heavy (non-hydrogen) atoms. The molecule has 2 aliphatic rings. The molecule has 0 radical (unpaired) electrons. The van der Waals surface area contributed by atoms with Gasteiger partial charge in [-0.1, -0.05) is 19.8 Å². The van der Waals surface area contributed by atoms with Crippen LogP contribution in [-0.4, -0.2) is 22.6 Å². The van der Waals surface area contributed by atoms with E-state index in [-0.39, 0.29) is 0 Å². The highest BCUT2D eigenvalue weighted by molar-refractivity contribution is 5.13. The molecule has 88 valence electrons. The highest BCUT2D eigenvalue weighted by Crippen LogP contribution is 2.35. The number of hydrogen-bond donors (Lipinski definition) is 1. The van der Waals surface area contributed by atoms with Gasteiger partial charge in [0.05, 0.1) is 6.33 Å². The predicted molar refractivity (Wildman–Crippen MR) is 64.5 cm³/mol. The summed E-state index contributed by atoms with van der Waals surface area (Å²) in [4.78, 5) is 4.37. The Bertz CT molecular complexity index is 354. The van der Waals surface area contributed by atoms with Gasteiger partial charge in [0, 0.05) is 36.9 Å². The van der Waals surface area contributed by atoms with Gasteiger partial charge in [-0.15, -0.1) is 0 Å². The third-order valence-corrected chi connectivity index (χ3v) is 4.32. The topological polar surface area (TPSA) is 29.9 Å². The molecule has 0 bridgehead atoms. The van der Waals surface area contributed by atoms with Gasteiger partial charge < -0.3 is 9.88 Å². The maximum Gasteiger partial charge on any atom is 0.0950 e. The molecule has 2 atom stereocenters. The Morgan fingerprint density at radius 1 is 1.31 bits per heavy atom. The summed E-state index contributed by atoms with van der Waals surface area (Å²) in [5, 5.41) is 3.35. The van der Waals surface area contributed by atoms with Crippen molar-refractivity contribution >= 4 is 0 Å². The van der Waals surface area contributed by atoms with Crippen LogP contribution in [0.4, 0.5) is 0 Å². The molecule has 1 saturated heterocycles. The smallest absolute Gasteiger partial charge is 0.0950 e. The molecule has 0 spiro atoms. The first-order valence-corrected chi connectivity index (χ1v) is 6.58. The van der Waals surface area contributed by atoms with Crippen LogP contribution >= 0.6 is 0 Å². The third-order valence-electron chi connectivity index (χ3n) is 4.32. The first kappa shape index (κ1) is 10.3. The second kappa shape index (κ2) is 4.21. The minimum atomic E-state index is 0.701. The van der Waals surface area contributed by atoms with Gasteiger partial charge in [-0.3, -0.25) is 0 Å². The third kappa shape index (κ3) is 1.67. The number of rotatable bonds is 2. The lowest BCUT2D eigenvalue weighted by molar-refractivity contribution is 0.246. The maximum atomic E-state index is 4.37. The molecule has 1 N–H and O–H groups in total. The summed E-state index contributed by atoms with van der Waals surface area (Å²) < 4.78 is 2.47. The fraction of sp³-hybridized carbons (Fsp3) is 0.769. The Morgan fingerprint density at radius 2 is 2.12 bits per heavy atom. The summed E-state index contributed by atoms with van der Waals surface area (Å²) in [6, 6.07) is 0.701. The fourth-order valence-corrected chi connectivity index (χ4v) is 3.12. The van der Waals surface area contributed by atoms with E-state index in [1.807, 2.05) is 0 Å². The molecule has 3 nitrogen and oxygen atoms in total. The van der Waals surface area contributed by atoms with Gasteiger partial charge in [-0.25, -0.2) is 4.98 Å². The van der Waals surface area contributed by atoms with Crippen molar-refractivity contribution in [1.29, 1.82) is 0 Å². The molecular formula is C13H21N3. The van der Waals surface area contributed by atoms with E-state index in [1.54, 1.807) is 0 Å². The summed E-state index contributed by atoms with van der Waals surface area (Å²) in [6.07, 6.45) is 9.64. The van der Waals surface area contributed by atoms with Crippen molar-refractivity contribution < 1.29 is 0 Å². The van der Waals surface area contributed by atoms with E-state index in [9.17, 15) is 0 Å². The van der Waals surface area contributed by atoms with E-state index >= 15 is 0 Å². The first-order chi connectivity index (χ1) is 7.86. The quantitative estimate of drug-likeness (QED) is 0.827. The van der Waals surface area contributed by atoms with Crippen molar-refractivity contribution in [3.8, 4) is 0 Å². The van der Waals surface area contributed by atoms with Crippen LogP contribution in [0.3, 0.4) is 0 Å². The zero-order valence-electron chi connectivity index (χ0n) is 10.0. The molecule has 0 amide bonds. The molecule has 1 aromatic rings. The van der Waals surface area contributed by atoms with Crippen LogP contribution < -0.4 is 5.32 Å². The molecule has 1 aromatic heterocycles. The number of imidazole rings is 1. The molecule has 1 aliphatic carbocycles. The average Bonchev–Trinajstić information content (AvgIpc) is 2.65. The highest BCUT2D eigenvalue weighted by atomic mass is 15.1. The summed E-state index contributed by atoms with van der Waals surface area (Å²) in [5.41, 5.74) is 1.46. The van der Waals surface area contributed by atoms with Gasteiger partial charge in [-0.05, 0) is 18.8 Å². The van der Waals surface area contributed by atoms with E-state index in [1.165, 1.54) is 31.4 Å². The van der Waals surface area contributed by atoms with Crippen LogP contribution in [0.1, 0.15) is 50.3 Å². The van der Waals surface area contributed by atoms with Crippen LogP contribution in [0, 0.1) is 5.92 Å². The van der Waals surface area contributed by atoms with E-state index < -0.39 is 0 Å². The van der Waals surface area contributed by atoms with Crippen LogP contribution in [0.15, 0.2) is 12.5 Å². The number of nitrogens with zero attached hydrogens (tertiary/aromatic N) is 2. The molecule has 0 aromatic carbocycles. The monoisotopic (exact) mass is 219 g/mol. The summed E-state index contributed by atoms with van der Waals surface area (Å²) in [7, 11) is 0. The summed E-state index contributed by atoms with van der Waals surface area (Å²) in [6.45, 7) is 4.66. The van der Waals surface area contributed by atoms with Crippen LogP contribution in [-0.2, 0) is 0 Å². The zero-order chi connectivity index (χ0) is 11.0. The lowest BCUT2D eigenvalue weighted by Crippen LogP contribution is -2.41. The Morgan fingerprint density at radius 3 is 2.81 bits per heavy atom. The van der Waals surface area contributed by atoms with Crippen molar-refractivity contribution in [2.45, 2.75) is 44.6 Å². The Kier molecular flexibility index (Phi) is 2.72. The molecular weight excluding hydrogens is 198 g/mol. The highest BCUT2D eigenvalue weighted by Gasteiger charge is 2.28. The van der Waals surface area contributed by atoms with Crippen LogP contribution in [0.25, 0.3) is 0 Å². The molecule has 2 unspecified atom stereocenters. The number of hydrogen-bond acceptors (Lipinski definition) is 2. The zero-order valence-corrected chi connectivity index (χ0v) is 10.0. The largest absolute Gasteiger partial charge is 0.331 e. The Balaban J connectivity index is 1.84. The maximum absolute atomic E-state index is 4.37. The van der Waals surface area contributed by atoms with Crippen LogP contribution in [0.5, 0.6) is 0 Å². The standard InChI is InChI=1S/C13H21N3/c1-10-4-2-3-5-12(10)16-9-15-8-13(16)11-6-14-7-11/h8-12,14H,2-7H2,1H3. The lowest BCUT2D eigenvalue weighted by atomic mass is 9.85. The fourth-order valence-electron chi connectivity index (χ4n) is 3.12. The van der Waals surface area contributed by atoms with Gasteiger partial charge in [0.15, 0.2) is 0 Å². The van der Waals surface area contributed by atoms with Gasteiger partial charge in [0.25, 0.3) is 0 Å². The van der Waals surface area contributed by atoms with Crippen molar-refractivity contribution in [3.05, 3.63) is 18.2 Å². The predicted octanol–water partition coefficient (Wildman–Crippen LogP) is 2.32.